The van der Waals surface area contributed by atoms with Gasteiger partial charge in [0.1, 0.15) is 5.71 Å². The number of fused-ring (bicyclic) bond motifs is 2. The van der Waals surface area contributed by atoms with E-state index in [0.717, 1.165) is 26.1 Å². The second kappa shape index (κ2) is 6.24. The lowest BCUT2D eigenvalue weighted by Gasteiger charge is -2.10. The number of rotatable bonds is 1. The Kier molecular flexibility index (Phi) is 4.03. The van der Waals surface area contributed by atoms with Crippen molar-refractivity contribution in [3.05, 3.63) is 62.9 Å². The lowest BCUT2D eigenvalue weighted by molar-refractivity contribution is -0.140. The average Bonchev–Trinajstić information content (AvgIpc) is 3.09. The van der Waals surface area contributed by atoms with Crippen molar-refractivity contribution in [1.82, 2.24) is 0 Å². The molecule has 1 amide bonds. The van der Waals surface area contributed by atoms with E-state index in [2.05, 4.69) is 33.1 Å². The Morgan fingerprint density at radius 1 is 1.15 bits per heavy atom. The first-order valence-corrected chi connectivity index (χ1v) is 9.00. The number of carbonyl (C=O) groups is 2. The normalized spacial score (nSPS) is 19.4. The van der Waals surface area contributed by atoms with Crippen LogP contribution in [0.4, 0.5) is 11.4 Å². The summed E-state index contributed by atoms with van der Waals surface area (Å²) in [5.74, 6) is -0.647. The minimum atomic E-state index is -0.518. The Hall–Kier alpha value is -2.68. The maximum absolute atomic E-state index is 13.0. The SMILES string of the molecule is CC(=O)O/N=C1\C(=C2\C(=O)N(C)c3c(I)cccc32)Nc2ccccc21. The molecular formula is C19H14IN3O3. The number of hydrogen-bond acceptors (Lipinski definition) is 5. The fraction of sp³-hybridized carbons (Fsp3) is 0.105. The van der Waals surface area contributed by atoms with Crippen molar-refractivity contribution < 1.29 is 14.4 Å². The Labute approximate surface area is 163 Å². The van der Waals surface area contributed by atoms with E-state index in [9.17, 15) is 9.59 Å². The molecule has 0 spiro atoms. The summed E-state index contributed by atoms with van der Waals surface area (Å²) < 4.78 is 0.987. The predicted molar refractivity (Wildman–Crippen MR) is 108 cm³/mol. The molecule has 2 aliphatic heterocycles. The smallest absolute Gasteiger partial charge is 0.332 e. The molecule has 1 N–H and O–H groups in total. The molecular weight excluding hydrogens is 445 g/mol. The van der Waals surface area contributed by atoms with E-state index in [0.29, 0.717) is 17.0 Å². The molecule has 0 unspecified atom stereocenters. The molecule has 2 aromatic carbocycles. The van der Waals surface area contributed by atoms with E-state index in [-0.39, 0.29) is 5.91 Å². The van der Waals surface area contributed by atoms with Crippen molar-refractivity contribution in [1.29, 1.82) is 0 Å². The number of nitrogens with zero attached hydrogens (tertiary/aromatic N) is 2. The summed E-state index contributed by atoms with van der Waals surface area (Å²) in [4.78, 5) is 30.8. The van der Waals surface area contributed by atoms with Crippen molar-refractivity contribution in [2.24, 2.45) is 5.16 Å². The van der Waals surface area contributed by atoms with Gasteiger partial charge in [0.25, 0.3) is 5.91 Å². The van der Waals surface area contributed by atoms with Gasteiger partial charge in [0, 0.05) is 34.4 Å². The molecule has 0 atom stereocenters. The van der Waals surface area contributed by atoms with Crippen molar-refractivity contribution in [3.8, 4) is 0 Å². The fourth-order valence-corrected chi connectivity index (χ4v) is 4.06. The van der Waals surface area contributed by atoms with Crippen LogP contribution < -0.4 is 10.2 Å². The topological polar surface area (TPSA) is 71.0 Å². The van der Waals surface area contributed by atoms with Gasteiger partial charge in [-0.15, -0.1) is 0 Å². The number of nitrogens with one attached hydrogen (secondary N) is 1. The third-order valence-electron chi connectivity index (χ3n) is 4.30. The lowest BCUT2D eigenvalue weighted by atomic mass is 10.0. The molecule has 0 radical (unpaired) electrons. The number of amides is 1. The molecule has 4 rings (SSSR count). The molecule has 26 heavy (non-hydrogen) atoms. The van der Waals surface area contributed by atoms with Crippen LogP contribution >= 0.6 is 22.6 Å². The van der Waals surface area contributed by atoms with E-state index >= 15 is 0 Å². The second-order valence-electron chi connectivity index (χ2n) is 5.94. The van der Waals surface area contributed by atoms with E-state index in [1.165, 1.54) is 6.92 Å². The molecule has 2 aromatic rings. The zero-order valence-electron chi connectivity index (χ0n) is 14.0. The van der Waals surface area contributed by atoms with Crippen molar-refractivity contribution in [2.45, 2.75) is 6.92 Å². The summed E-state index contributed by atoms with van der Waals surface area (Å²) >= 11 is 2.22. The quantitative estimate of drug-likeness (QED) is 0.307. The third-order valence-corrected chi connectivity index (χ3v) is 5.17. The number of oxime groups is 1. The maximum Gasteiger partial charge on any atom is 0.332 e. The number of likely N-dealkylation sites (N-methyl/N-ethyl adjacent to an activating group) is 1. The highest BCUT2D eigenvalue weighted by molar-refractivity contribution is 14.1. The van der Waals surface area contributed by atoms with Gasteiger partial charge in [-0.3, -0.25) is 4.79 Å². The molecule has 0 saturated carbocycles. The van der Waals surface area contributed by atoms with Crippen LogP contribution in [0.5, 0.6) is 0 Å². The van der Waals surface area contributed by atoms with Crippen molar-refractivity contribution >= 4 is 57.1 Å². The van der Waals surface area contributed by atoms with Gasteiger partial charge in [-0.1, -0.05) is 35.5 Å². The molecule has 0 aromatic heterocycles. The summed E-state index contributed by atoms with van der Waals surface area (Å²) in [6.45, 7) is 1.29. The van der Waals surface area contributed by atoms with Gasteiger partial charge < -0.3 is 15.1 Å². The van der Waals surface area contributed by atoms with E-state index in [4.69, 9.17) is 4.84 Å². The first-order chi connectivity index (χ1) is 12.5. The summed E-state index contributed by atoms with van der Waals surface area (Å²) in [5, 5.41) is 7.29. The molecule has 2 aliphatic rings. The summed E-state index contributed by atoms with van der Waals surface area (Å²) in [7, 11) is 1.75. The monoisotopic (exact) mass is 459 g/mol. The van der Waals surface area contributed by atoms with Gasteiger partial charge in [-0.05, 0) is 34.7 Å². The Morgan fingerprint density at radius 3 is 2.65 bits per heavy atom. The van der Waals surface area contributed by atoms with Crippen LogP contribution in [0, 0.1) is 3.57 Å². The Bertz CT molecular complexity index is 1030. The van der Waals surface area contributed by atoms with Crippen molar-refractivity contribution in [3.63, 3.8) is 0 Å². The highest BCUT2D eigenvalue weighted by atomic mass is 127. The third kappa shape index (κ3) is 2.50. The largest absolute Gasteiger partial charge is 0.352 e. The number of halogens is 1. The number of benzene rings is 2. The number of carbonyl (C=O) groups excluding carboxylic acids is 2. The van der Waals surface area contributed by atoms with Gasteiger partial charge >= 0.3 is 5.97 Å². The summed E-state index contributed by atoms with van der Waals surface area (Å²) in [5.41, 5.74) is 4.80. The minimum Gasteiger partial charge on any atom is -0.352 e. The fourth-order valence-electron chi connectivity index (χ4n) is 3.20. The van der Waals surface area contributed by atoms with Crippen LogP contribution in [0.1, 0.15) is 18.1 Å². The van der Waals surface area contributed by atoms with E-state index < -0.39 is 5.97 Å². The average molecular weight is 459 g/mol. The molecule has 0 aliphatic carbocycles. The second-order valence-corrected chi connectivity index (χ2v) is 7.11. The number of allylic oxidation sites excluding steroid dienone is 1. The van der Waals surface area contributed by atoms with Gasteiger partial charge in [0.15, 0.2) is 0 Å². The van der Waals surface area contributed by atoms with Crippen LogP contribution in [0.15, 0.2) is 53.3 Å². The molecule has 0 fully saturated rings. The zero-order chi connectivity index (χ0) is 18.4. The van der Waals surface area contributed by atoms with E-state index in [1.807, 2.05) is 42.5 Å². The zero-order valence-corrected chi connectivity index (χ0v) is 16.2. The van der Waals surface area contributed by atoms with Gasteiger partial charge in [-0.25, -0.2) is 4.79 Å². The Balaban J connectivity index is 1.97. The lowest BCUT2D eigenvalue weighted by Crippen LogP contribution is -2.23. The molecule has 130 valence electrons. The first-order valence-electron chi connectivity index (χ1n) is 7.92. The Morgan fingerprint density at radius 2 is 1.88 bits per heavy atom. The predicted octanol–water partition coefficient (Wildman–Crippen LogP) is 3.37. The van der Waals surface area contributed by atoms with Crippen molar-refractivity contribution in [2.75, 3.05) is 17.3 Å². The highest BCUT2D eigenvalue weighted by Gasteiger charge is 2.38. The molecule has 7 heteroatoms. The standard InChI is InChI=1S/C19H14IN3O3/c1-10(24)26-22-16-11-6-3-4-9-14(11)21-17(16)15-12-7-5-8-13(20)18(12)23(2)19(15)25/h3-9,21H,1-2H3/b17-15-,22-16-. The molecule has 6 nitrogen and oxygen atoms in total. The molecule has 0 bridgehead atoms. The summed E-state index contributed by atoms with van der Waals surface area (Å²) in [6.07, 6.45) is 0. The number of hydrogen-bond donors (Lipinski definition) is 1. The maximum atomic E-state index is 13.0. The number of para-hydroxylation sites is 2. The van der Waals surface area contributed by atoms with Gasteiger partial charge in [-0.2, -0.15) is 0 Å². The van der Waals surface area contributed by atoms with E-state index in [1.54, 1.807) is 11.9 Å². The van der Waals surface area contributed by atoms with Gasteiger partial charge in [0.05, 0.1) is 17.0 Å². The van der Waals surface area contributed by atoms with Crippen LogP contribution in [-0.4, -0.2) is 24.6 Å². The molecule has 0 saturated heterocycles. The first kappa shape index (κ1) is 16.8. The van der Waals surface area contributed by atoms with Crippen LogP contribution in [-0.2, 0) is 14.4 Å². The minimum absolute atomic E-state index is 0.130. The van der Waals surface area contributed by atoms with Crippen LogP contribution in [0.3, 0.4) is 0 Å². The highest BCUT2D eigenvalue weighted by Crippen LogP contribution is 2.43. The summed E-state index contributed by atoms with van der Waals surface area (Å²) in [6, 6.07) is 13.3. The van der Waals surface area contributed by atoms with Gasteiger partial charge in [0.2, 0.25) is 0 Å². The molecule has 2 heterocycles. The number of anilines is 2. The van der Waals surface area contributed by atoms with Crippen LogP contribution in [0.25, 0.3) is 5.57 Å². The van der Waals surface area contributed by atoms with Crippen LogP contribution in [0.2, 0.25) is 0 Å².